The molecule has 1 fully saturated rings. The Labute approximate surface area is 170 Å². The Hall–Kier alpha value is -3.65. The summed E-state index contributed by atoms with van der Waals surface area (Å²) in [6, 6.07) is 21.8. The number of carbonyl (C=O) groups excluding carboxylic acids is 1. The summed E-state index contributed by atoms with van der Waals surface area (Å²) in [6.07, 6.45) is 5.32. The van der Waals surface area contributed by atoms with Crippen molar-refractivity contribution in [2.24, 2.45) is 0 Å². The summed E-state index contributed by atoms with van der Waals surface area (Å²) in [6.45, 7) is 1.48. The Balaban J connectivity index is 1.40. The van der Waals surface area contributed by atoms with Crippen LogP contribution in [0, 0.1) is 11.3 Å². The van der Waals surface area contributed by atoms with Gasteiger partial charge in [0.05, 0.1) is 23.5 Å². The summed E-state index contributed by atoms with van der Waals surface area (Å²) in [5, 5.41) is 12.1. The minimum Gasteiger partial charge on any atom is -0.324 e. The van der Waals surface area contributed by atoms with Gasteiger partial charge in [-0.25, -0.2) is 4.79 Å². The molecule has 0 atom stereocenters. The Morgan fingerprint density at radius 3 is 2.55 bits per heavy atom. The topological polar surface area (TPSA) is 69.0 Å². The van der Waals surface area contributed by atoms with Gasteiger partial charge in [0.2, 0.25) is 0 Å². The Kier molecular flexibility index (Phi) is 5.53. The molecule has 5 nitrogen and oxygen atoms in total. The number of hydrogen-bond donors (Lipinski definition) is 1. The third-order valence-electron chi connectivity index (χ3n) is 5.37. The number of amides is 2. The predicted molar refractivity (Wildman–Crippen MR) is 113 cm³/mol. The molecule has 5 heteroatoms. The first-order chi connectivity index (χ1) is 14.2. The number of nitrogens with zero attached hydrogens (tertiary/aromatic N) is 3. The lowest BCUT2D eigenvalue weighted by molar-refractivity contribution is 0.194. The minimum atomic E-state index is -0.0961. The molecule has 1 N–H and O–H groups in total. The molecule has 2 amide bonds. The minimum absolute atomic E-state index is 0.0961. The normalized spacial score (nSPS) is 14.2. The van der Waals surface area contributed by atoms with Gasteiger partial charge in [0, 0.05) is 24.8 Å². The number of nitriles is 1. The number of urea groups is 1. The fourth-order valence-corrected chi connectivity index (χ4v) is 3.78. The fourth-order valence-electron chi connectivity index (χ4n) is 3.78. The van der Waals surface area contributed by atoms with Crippen LogP contribution in [-0.4, -0.2) is 29.0 Å². The van der Waals surface area contributed by atoms with Crippen molar-refractivity contribution in [2.45, 2.75) is 18.8 Å². The van der Waals surface area contributed by atoms with E-state index in [0.717, 1.165) is 37.1 Å². The Bertz CT molecular complexity index is 1030. The van der Waals surface area contributed by atoms with Crippen LogP contribution in [0.15, 0.2) is 73.1 Å². The van der Waals surface area contributed by atoms with Gasteiger partial charge in [0.25, 0.3) is 0 Å². The summed E-state index contributed by atoms with van der Waals surface area (Å²) in [5.74, 6) is 0.512. The van der Waals surface area contributed by atoms with Crippen molar-refractivity contribution < 1.29 is 4.79 Å². The highest BCUT2D eigenvalue weighted by Crippen LogP contribution is 2.28. The first-order valence-corrected chi connectivity index (χ1v) is 9.79. The van der Waals surface area contributed by atoms with Crippen molar-refractivity contribution >= 4 is 11.7 Å². The van der Waals surface area contributed by atoms with E-state index in [2.05, 4.69) is 40.6 Å². The molecule has 0 aliphatic carbocycles. The van der Waals surface area contributed by atoms with Gasteiger partial charge in [-0.1, -0.05) is 42.5 Å². The number of nitrogens with one attached hydrogen (secondary N) is 1. The van der Waals surface area contributed by atoms with Crippen LogP contribution in [0.1, 0.15) is 29.9 Å². The van der Waals surface area contributed by atoms with Gasteiger partial charge in [-0.05, 0) is 48.1 Å². The number of piperidine rings is 1. The van der Waals surface area contributed by atoms with Crippen LogP contribution < -0.4 is 5.32 Å². The van der Waals surface area contributed by atoms with Gasteiger partial charge >= 0.3 is 6.03 Å². The molecule has 1 aromatic heterocycles. The Morgan fingerprint density at radius 2 is 1.79 bits per heavy atom. The van der Waals surface area contributed by atoms with Crippen LogP contribution in [0.25, 0.3) is 11.1 Å². The average Bonchev–Trinajstić information content (AvgIpc) is 2.80. The molecule has 0 radical (unpaired) electrons. The van der Waals surface area contributed by atoms with E-state index in [1.165, 1.54) is 5.56 Å². The van der Waals surface area contributed by atoms with E-state index in [0.29, 0.717) is 17.2 Å². The maximum atomic E-state index is 12.7. The molecular weight excluding hydrogens is 360 g/mol. The molecule has 0 saturated carbocycles. The highest BCUT2D eigenvalue weighted by atomic mass is 16.2. The zero-order valence-corrected chi connectivity index (χ0v) is 16.1. The van der Waals surface area contributed by atoms with Crippen LogP contribution >= 0.6 is 0 Å². The number of aromatic nitrogens is 1. The number of likely N-dealkylation sites (tertiary alicyclic amines) is 1. The zero-order chi connectivity index (χ0) is 20.1. The van der Waals surface area contributed by atoms with Gasteiger partial charge in [0.1, 0.15) is 0 Å². The monoisotopic (exact) mass is 382 g/mol. The SMILES string of the molecule is N#Cc1cccc(-c2cncc(NC(=O)N3CCC(c4ccccc4)CC3)c2)c1. The number of carbonyl (C=O) groups is 1. The first kappa shape index (κ1) is 18.7. The molecule has 144 valence electrons. The van der Waals surface area contributed by atoms with Gasteiger partial charge in [-0.3, -0.25) is 4.98 Å². The second-order valence-electron chi connectivity index (χ2n) is 7.26. The Morgan fingerprint density at radius 1 is 1.00 bits per heavy atom. The molecule has 1 saturated heterocycles. The lowest BCUT2D eigenvalue weighted by Gasteiger charge is -2.32. The number of anilines is 1. The summed E-state index contributed by atoms with van der Waals surface area (Å²) in [7, 11) is 0. The fraction of sp³-hybridized carbons (Fsp3) is 0.208. The van der Waals surface area contributed by atoms with Crippen LogP contribution in [-0.2, 0) is 0 Å². The third-order valence-corrected chi connectivity index (χ3v) is 5.37. The maximum Gasteiger partial charge on any atom is 0.321 e. The molecular formula is C24H22N4O. The lowest BCUT2D eigenvalue weighted by atomic mass is 9.90. The smallest absolute Gasteiger partial charge is 0.321 e. The quantitative estimate of drug-likeness (QED) is 0.690. The average molecular weight is 382 g/mol. The molecule has 4 rings (SSSR count). The number of hydrogen-bond acceptors (Lipinski definition) is 3. The van der Waals surface area contributed by atoms with Gasteiger partial charge < -0.3 is 10.2 Å². The zero-order valence-electron chi connectivity index (χ0n) is 16.1. The van der Waals surface area contributed by atoms with E-state index >= 15 is 0 Å². The second kappa shape index (κ2) is 8.57. The largest absolute Gasteiger partial charge is 0.324 e. The standard InChI is InChI=1S/C24H22N4O/c25-15-18-5-4-8-21(13-18)22-14-23(17-26-16-22)27-24(29)28-11-9-20(10-12-28)19-6-2-1-3-7-19/h1-8,13-14,16-17,20H,9-12H2,(H,27,29). The number of benzene rings is 2. The highest BCUT2D eigenvalue weighted by Gasteiger charge is 2.23. The summed E-state index contributed by atoms with van der Waals surface area (Å²) >= 11 is 0. The van der Waals surface area contributed by atoms with E-state index in [9.17, 15) is 4.79 Å². The van der Waals surface area contributed by atoms with Crippen molar-refractivity contribution in [1.82, 2.24) is 9.88 Å². The van der Waals surface area contributed by atoms with Crippen LogP contribution in [0.3, 0.4) is 0 Å². The molecule has 0 bridgehead atoms. The van der Waals surface area contributed by atoms with Crippen molar-refractivity contribution in [3.05, 3.63) is 84.2 Å². The second-order valence-corrected chi connectivity index (χ2v) is 7.26. The molecule has 3 aromatic rings. The molecule has 0 spiro atoms. The summed E-state index contributed by atoms with van der Waals surface area (Å²) < 4.78 is 0. The predicted octanol–water partition coefficient (Wildman–Crippen LogP) is 5.03. The lowest BCUT2D eigenvalue weighted by Crippen LogP contribution is -2.40. The number of pyridine rings is 1. The molecule has 2 aromatic carbocycles. The van der Waals surface area contributed by atoms with Crippen LogP contribution in [0.2, 0.25) is 0 Å². The van der Waals surface area contributed by atoms with Crippen molar-refractivity contribution in [1.29, 1.82) is 5.26 Å². The van der Waals surface area contributed by atoms with E-state index in [4.69, 9.17) is 5.26 Å². The van der Waals surface area contributed by atoms with Crippen LogP contribution in [0.4, 0.5) is 10.5 Å². The number of rotatable bonds is 3. The van der Waals surface area contributed by atoms with E-state index in [-0.39, 0.29) is 6.03 Å². The van der Waals surface area contributed by atoms with Gasteiger partial charge in [-0.2, -0.15) is 5.26 Å². The molecule has 1 aliphatic rings. The molecule has 1 aliphatic heterocycles. The molecule has 0 unspecified atom stereocenters. The summed E-state index contributed by atoms with van der Waals surface area (Å²) in [5.41, 5.74) is 4.36. The third kappa shape index (κ3) is 4.44. The first-order valence-electron chi connectivity index (χ1n) is 9.79. The van der Waals surface area contributed by atoms with Crippen LogP contribution in [0.5, 0.6) is 0 Å². The van der Waals surface area contributed by atoms with Gasteiger partial charge in [0.15, 0.2) is 0 Å². The highest BCUT2D eigenvalue weighted by molar-refractivity contribution is 5.90. The van der Waals surface area contributed by atoms with Crippen molar-refractivity contribution in [3.8, 4) is 17.2 Å². The molecule has 29 heavy (non-hydrogen) atoms. The van der Waals surface area contributed by atoms with E-state index in [1.54, 1.807) is 18.5 Å². The van der Waals surface area contributed by atoms with Crippen molar-refractivity contribution in [2.75, 3.05) is 18.4 Å². The van der Waals surface area contributed by atoms with Crippen molar-refractivity contribution in [3.63, 3.8) is 0 Å². The van der Waals surface area contributed by atoms with E-state index in [1.807, 2.05) is 35.2 Å². The maximum absolute atomic E-state index is 12.7. The van der Waals surface area contributed by atoms with E-state index < -0.39 is 0 Å². The van der Waals surface area contributed by atoms with Gasteiger partial charge in [-0.15, -0.1) is 0 Å². The molecule has 2 heterocycles. The summed E-state index contributed by atoms with van der Waals surface area (Å²) in [4.78, 5) is 18.8.